The molecule has 0 aliphatic heterocycles. The Balaban J connectivity index is 2.30. The highest BCUT2D eigenvalue weighted by molar-refractivity contribution is 5.97. The van der Waals surface area contributed by atoms with E-state index in [0.717, 1.165) is 22.4 Å². The monoisotopic (exact) mass is 364 g/mol. The van der Waals surface area contributed by atoms with Crippen LogP contribution in [0.1, 0.15) is 51.3 Å². The Morgan fingerprint density at radius 1 is 0.926 bits per heavy atom. The molecule has 0 spiro atoms. The van der Waals surface area contributed by atoms with Crippen LogP contribution in [0.3, 0.4) is 0 Å². The van der Waals surface area contributed by atoms with Gasteiger partial charge in [0.2, 0.25) is 5.91 Å². The Bertz CT molecular complexity index is 830. The van der Waals surface area contributed by atoms with Crippen molar-refractivity contribution in [3.8, 4) is 11.1 Å². The first-order valence-corrected chi connectivity index (χ1v) is 9.64. The molecule has 144 valence electrons. The molecule has 0 aromatic heterocycles. The van der Waals surface area contributed by atoms with Gasteiger partial charge in [-0.2, -0.15) is 0 Å². The smallest absolute Gasteiger partial charge is 0.247 e. The standard InChI is InChI=1S/C24H32N2O/c1-15(2)25-22-10-8-20(9-11-22)23-14-17(5)21(12-18(23)6)13-19(7)24(27)26-16(3)4/h8-16,25H,1-7H3,(H,26,27)/b19-13+. The molecule has 0 fully saturated rings. The summed E-state index contributed by atoms with van der Waals surface area (Å²) in [6.07, 6.45) is 1.97. The molecule has 27 heavy (non-hydrogen) atoms. The molecule has 0 saturated heterocycles. The van der Waals surface area contributed by atoms with Gasteiger partial charge in [-0.25, -0.2) is 0 Å². The van der Waals surface area contributed by atoms with E-state index in [-0.39, 0.29) is 11.9 Å². The van der Waals surface area contributed by atoms with Gasteiger partial charge in [-0.3, -0.25) is 4.79 Å². The van der Waals surface area contributed by atoms with E-state index in [2.05, 4.69) is 74.7 Å². The number of aryl methyl sites for hydroxylation is 2. The minimum Gasteiger partial charge on any atom is -0.383 e. The van der Waals surface area contributed by atoms with Crippen molar-refractivity contribution in [2.24, 2.45) is 0 Å². The maximum Gasteiger partial charge on any atom is 0.247 e. The normalized spacial score (nSPS) is 11.8. The number of nitrogens with one attached hydrogen (secondary N) is 2. The van der Waals surface area contributed by atoms with E-state index in [0.29, 0.717) is 6.04 Å². The molecule has 0 bridgehead atoms. The van der Waals surface area contributed by atoms with Gasteiger partial charge in [-0.15, -0.1) is 0 Å². The number of amides is 1. The number of carbonyl (C=O) groups excluding carboxylic acids is 1. The van der Waals surface area contributed by atoms with Crippen molar-refractivity contribution in [1.82, 2.24) is 5.32 Å². The molecule has 2 rings (SSSR count). The Kier molecular flexibility index (Phi) is 6.84. The first-order valence-electron chi connectivity index (χ1n) is 9.64. The van der Waals surface area contributed by atoms with Crippen molar-refractivity contribution in [3.63, 3.8) is 0 Å². The van der Waals surface area contributed by atoms with Crippen LogP contribution >= 0.6 is 0 Å². The van der Waals surface area contributed by atoms with Crippen molar-refractivity contribution in [1.29, 1.82) is 0 Å². The van der Waals surface area contributed by atoms with Crippen LogP contribution in [-0.2, 0) is 4.79 Å². The number of hydrogen-bond donors (Lipinski definition) is 2. The number of benzene rings is 2. The minimum atomic E-state index is -0.0145. The molecule has 0 aliphatic rings. The Morgan fingerprint density at radius 2 is 1.56 bits per heavy atom. The van der Waals surface area contributed by atoms with Gasteiger partial charge in [0.15, 0.2) is 0 Å². The molecule has 2 aromatic rings. The molecule has 0 aliphatic carbocycles. The fourth-order valence-electron chi connectivity index (χ4n) is 3.06. The van der Waals surface area contributed by atoms with Crippen molar-refractivity contribution < 1.29 is 4.79 Å². The summed E-state index contributed by atoms with van der Waals surface area (Å²) in [6.45, 7) is 14.3. The summed E-state index contributed by atoms with van der Waals surface area (Å²) < 4.78 is 0. The average molecular weight is 365 g/mol. The molecule has 0 unspecified atom stereocenters. The maximum absolute atomic E-state index is 12.2. The van der Waals surface area contributed by atoms with Crippen molar-refractivity contribution in [2.45, 2.75) is 60.5 Å². The predicted molar refractivity (Wildman–Crippen MR) is 117 cm³/mol. The Hall–Kier alpha value is -2.55. The van der Waals surface area contributed by atoms with Crippen LogP contribution < -0.4 is 10.6 Å². The third-order valence-corrected chi connectivity index (χ3v) is 4.41. The lowest BCUT2D eigenvalue weighted by molar-refractivity contribution is -0.117. The van der Waals surface area contributed by atoms with Crippen LogP contribution in [0.25, 0.3) is 17.2 Å². The van der Waals surface area contributed by atoms with Crippen LogP contribution in [0.2, 0.25) is 0 Å². The second-order valence-electron chi connectivity index (χ2n) is 7.86. The summed E-state index contributed by atoms with van der Waals surface area (Å²) in [6, 6.07) is 13.5. The van der Waals surface area contributed by atoms with Crippen molar-refractivity contribution in [3.05, 3.63) is 58.7 Å². The van der Waals surface area contributed by atoms with Crippen LogP contribution in [-0.4, -0.2) is 18.0 Å². The summed E-state index contributed by atoms with van der Waals surface area (Å²) in [4.78, 5) is 12.2. The van der Waals surface area contributed by atoms with E-state index in [1.165, 1.54) is 16.7 Å². The van der Waals surface area contributed by atoms with Gasteiger partial charge >= 0.3 is 0 Å². The second kappa shape index (κ2) is 8.90. The van der Waals surface area contributed by atoms with Crippen LogP contribution in [0.15, 0.2) is 42.0 Å². The summed E-state index contributed by atoms with van der Waals surface area (Å²) >= 11 is 0. The van der Waals surface area contributed by atoms with Crippen molar-refractivity contribution >= 4 is 17.7 Å². The average Bonchev–Trinajstić information content (AvgIpc) is 2.57. The number of anilines is 1. The summed E-state index contributed by atoms with van der Waals surface area (Å²) in [5, 5.41) is 6.36. The zero-order valence-corrected chi connectivity index (χ0v) is 17.6. The van der Waals surface area contributed by atoms with Gasteiger partial charge in [-0.05, 0) is 94.5 Å². The summed E-state index contributed by atoms with van der Waals surface area (Å²) in [5.74, 6) is -0.0145. The molecule has 0 heterocycles. The first kappa shape index (κ1) is 20.8. The highest BCUT2D eigenvalue weighted by Crippen LogP contribution is 2.28. The molecule has 0 saturated carbocycles. The zero-order valence-electron chi connectivity index (χ0n) is 17.6. The highest BCUT2D eigenvalue weighted by Gasteiger charge is 2.09. The van der Waals surface area contributed by atoms with Gasteiger partial charge in [-0.1, -0.05) is 24.3 Å². The van der Waals surface area contributed by atoms with Gasteiger partial charge in [0.1, 0.15) is 0 Å². The third-order valence-electron chi connectivity index (χ3n) is 4.41. The highest BCUT2D eigenvalue weighted by atomic mass is 16.1. The van der Waals surface area contributed by atoms with E-state index in [1.54, 1.807) is 0 Å². The summed E-state index contributed by atoms with van der Waals surface area (Å²) in [7, 11) is 0. The third kappa shape index (κ3) is 5.72. The molecular weight excluding hydrogens is 332 g/mol. The maximum atomic E-state index is 12.2. The number of carbonyl (C=O) groups is 1. The van der Waals surface area contributed by atoms with Crippen LogP contribution in [0.4, 0.5) is 5.69 Å². The Labute approximate surface area is 163 Å². The van der Waals surface area contributed by atoms with Gasteiger partial charge in [0.05, 0.1) is 0 Å². The molecule has 3 heteroatoms. The molecule has 1 amide bonds. The lowest BCUT2D eigenvalue weighted by Crippen LogP contribution is -2.30. The van der Waals surface area contributed by atoms with E-state index < -0.39 is 0 Å². The van der Waals surface area contributed by atoms with Gasteiger partial charge < -0.3 is 10.6 Å². The van der Waals surface area contributed by atoms with Crippen LogP contribution in [0.5, 0.6) is 0 Å². The summed E-state index contributed by atoms with van der Waals surface area (Å²) in [5.41, 5.74) is 7.74. The topological polar surface area (TPSA) is 41.1 Å². The molecular formula is C24H32N2O. The van der Waals surface area contributed by atoms with E-state index in [1.807, 2.05) is 26.8 Å². The fourth-order valence-corrected chi connectivity index (χ4v) is 3.06. The molecule has 0 atom stereocenters. The molecule has 2 N–H and O–H groups in total. The lowest BCUT2D eigenvalue weighted by Gasteiger charge is -2.14. The molecule has 3 nitrogen and oxygen atoms in total. The largest absolute Gasteiger partial charge is 0.383 e. The minimum absolute atomic E-state index is 0.0145. The Morgan fingerprint density at radius 3 is 2.11 bits per heavy atom. The SMILES string of the molecule is C/C(=C\c1cc(C)c(-c2ccc(NC(C)C)cc2)cc1C)C(=O)NC(C)C. The number of rotatable bonds is 6. The van der Waals surface area contributed by atoms with Gasteiger partial charge in [0.25, 0.3) is 0 Å². The number of hydrogen-bond acceptors (Lipinski definition) is 2. The second-order valence-corrected chi connectivity index (χ2v) is 7.86. The zero-order chi connectivity index (χ0) is 20.1. The van der Waals surface area contributed by atoms with Gasteiger partial charge in [0, 0.05) is 23.3 Å². The van der Waals surface area contributed by atoms with Crippen LogP contribution in [0, 0.1) is 13.8 Å². The van der Waals surface area contributed by atoms with Crippen molar-refractivity contribution in [2.75, 3.05) is 5.32 Å². The first-order chi connectivity index (χ1) is 12.7. The van der Waals surface area contributed by atoms with E-state index in [9.17, 15) is 4.79 Å². The molecule has 2 aromatic carbocycles. The quantitative estimate of drug-likeness (QED) is 0.644. The van der Waals surface area contributed by atoms with E-state index in [4.69, 9.17) is 0 Å². The van der Waals surface area contributed by atoms with E-state index >= 15 is 0 Å². The molecule has 0 radical (unpaired) electrons. The fraction of sp³-hybridized carbons (Fsp3) is 0.375. The lowest BCUT2D eigenvalue weighted by atomic mass is 9.94. The predicted octanol–water partition coefficient (Wildman–Crippen LogP) is 5.72.